The van der Waals surface area contributed by atoms with Crippen LogP contribution in [0.5, 0.6) is 0 Å². The summed E-state index contributed by atoms with van der Waals surface area (Å²) in [7, 11) is 0. The van der Waals surface area contributed by atoms with Crippen LogP contribution in [0.2, 0.25) is 0 Å². The molecule has 0 unspecified atom stereocenters. The van der Waals surface area contributed by atoms with Gasteiger partial charge in [0.25, 0.3) is 0 Å². The predicted molar refractivity (Wildman–Crippen MR) is 54.2 cm³/mol. The number of amides is 1. The molecule has 1 rings (SSSR count). The molecule has 0 aliphatic rings. The van der Waals surface area contributed by atoms with Crippen LogP contribution >= 0.6 is 0 Å². The van der Waals surface area contributed by atoms with Crippen molar-refractivity contribution in [1.82, 2.24) is 5.32 Å². The Kier molecular flexibility index (Phi) is 3.85. The molecule has 1 N–H and O–H groups in total. The maximum Gasteiger partial charge on any atom is 0.207 e. The van der Waals surface area contributed by atoms with Gasteiger partial charge >= 0.3 is 0 Å². The van der Waals surface area contributed by atoms with Crippen molar-refractivity contribution in [3.8, 4) is 0 Å². The van der Waals surface area contributed by atoms with Gasteiger partial charge in [0.1, 0.15) is 0 Å². The highest BCUT2D eigenvalue weighted by Crippen LogP contribution is 2.05. The molecule has 3 nitrogen and oxygen atoms in total. The van der Waals surface area contributed by atoms with Crippen LogP contribution in [0, 0.1) is 0 Å². The smallest absolute Gasteiger partial charge is 0.207 e. The summed E-state index contributed by atoms with van der Waals surface area (Å²) in [6.07, 6.45) is 1.47. The van der Waals surface area contributed by atoms with Gasteiger partial charge < -0.3 is 5.32 Å². The summed E-state index contributed by atoms with van der Waals surface area (Å²) in [6.45, 7) is 2.17. The monoisotopic (exact) mass is 191 g/mol. The van der Waals surface area contributed by atoms with E-state index in [1.165, 1.54) is 0 Å². The van der Waals surface area contributed by atoms with Gasteiger partial charge in [-0.3, -0.25) is 9.59 Å². The van der Waals surface area contributed by atoms with Gasteiger partial charge in [-0.15, -0.1) is 0 Å². The van der Waals surface area contributed by atoms with E-state index in [9.17, 15) is 9.59 Å². The predicted octanol–water partition coefficient (Wildman–Crippen LogP) is 1.18. The zero-order valence-electron chi connectivity index (χ0n) is 8.12. The summed E-state index contributed by atoms with van der Waals surface area (Å²) in [5, 5.41) is 2.59. The Morgan fingerprint density at radius 1 is 1.36 bits per heavy atom. The van der Waals surface area contributed by atoms with Crippen LogP contribution in [0.15, 0.2) is 24.3 Å². The van der Waals surface area contributed by atoms with E-state index in [0.29, 0.717) is 13.0 Å². The number of benzene rings is 1. The molecule has 74 valence electrons. The van der Waals surface area contributed by atoms with E-state index in [-0.39, 0.29) is 5.78 Å². The molecule has 0 fully saturated rings. The number of rotatable bonds is 5. The van der Waals surface area contributed by atoms with Crippen molar-refractivity contribution >= 4 is 12.2 Å². The third-order valence-electron chi connectivity index (χ3n) is 2.00. The second-order valence-corrected chi connectivity index (χ2v) is 3.08. The molecular weight excluding hydrogens is 178 g/mol. The van der Waals surface area contributed by atoms with Crippen molar-refractivity contribution in [3.05, 3.63) is 35.4 Å². The first-order valence-corrected chi connectivity index (χ1v) is 4.51. The van der Waals surface area contributed by atoms with Crippen LogP contribution in [0.4, 0.5) is 0 Å². The molecule has 1 aromatic rings. The zero-order chi connectivity index (χ0) is 10.4. The Bertz CT molecular complexity index is 317. The number of carbonyl (C=O) groups is 2. The number of Topliss-reactive ketones (excluding diaryl/α,β-unsaturated/α-hetero) is 1. The van der Waals surface area contributed by atoms with Crippen molar-refractivity contribution in [1.29, 1.82) is 0 Å². The van der Waals surface area contributed by atoms with Crippen LogP contribution in [-0.4, -0.2) is 18.7 Å². The van der Waals surface area contributed by atoms with E-state index in [4.69, 9.17) is 0 Å². The fourth-order valence-corrected chi connectivity index (χ4v) is 1.18. The first kappa shape index (κ1) is 10.4. The lowest BCUT2D eigenvalue weighted by Crippen LogP contribution is -2.14. The number of nitrogens with one attached hydrogen (secondary N) is 1. The molecule has 0 aromatic heterocycles. The maximum atomic E-state index is 11.0. The molecule has 0 aliphatic heterocycles. The van der Waals surface area contributed by atoms with Crippen LogP contribution in [-0.2, 0) is 11.2 Å². The maximum absolute atomic E-state index is 11.0. The Morgan fingerprint density at radius 3 is 2.50 bits per heavy atom. The van der Waals surface area contributed by atoms with Crippen molar-refractivity contribution in [2.45, 2.75) is 13.3 Å². The Labute approximate surface area is 83.1 Å². The lowest BCUT2D eigenvalue weighted by Gasteiger charge is -2.01. The SMILES string of the molecule is CC(=O)c1ccc(CCNC=O)cc1. The molecule has 1 aromatic carbocycles. The van der Waals surface area contributed by atoms with Gasteiger partial charge in [0.05, 0.1) is 0 Å². The van der Waals surface area contributed by atoms with Crippen LogP contribution in [0.25, 0.3) is 0 Å². The molecule has 0 saturated heterocycles. The third-order valence-corrected chi connectivity index (χ3v) is 2.00. The summed E-state index contributed by atoms with van der Waals surface area (Å²) < 4.78 is 0. The topological polar surface area (TPSA) is 46.2 Å². The van der Waals surface area contributed by atoms with Crippen LogP contribution < -0.4 is 5.32 Å². The molecule has 0 aliphatic carbocycles. The molecule has 0 saturated carbocycles. The largest absolute Gasteiger partial charge is 0.358 e. The molecule has 0 spiro atoms. The molecule has 0 radical (unpaired) electrons. The third kappa shape index (κ3) is 3.01. The molecule has 1 amide bonds. The van der Waals surface area contributed by atoms with Crippen molar-refractivity contribution in [2.24, 2.45) is 0 Å². The fourth-order valence-electron chi connectivity index (χ4n) is 1.18. The van der Waals surface area contributed by atoms with E-state index >= 15 is 0 Å². The summed E-state index contributed by atoms with van der Waals surface area (Å²) >= 11 is 0. The quantitative estimate of drug-likeness (QED) is 0.431. The highest BCUT2D eigenvalue weighted by atomic mass is 16.1. The van der Waals surface area contributed by atoms with Gasteiger partial charge in [0, 0.05) is 12.1 Å². The van der Waals surface area contributed by atoms with E-state index in [2.05, 4.69) is 5.32 Å². The average Bonchev–Trinajstić information content (AvgIpc) is 2.19. The minimum absolute atomic E-state index is 0.0718. The average molecular weight is 191 g/mol. The minimum Gasteiger partial charge on any atom is -0.358 e. The minimum atomic E-state index is 0.0718. The van der Waals surface area contributed by atoms with Gasteiger partial charge in [0.15, 0.2) is 5.78 Å². The number of hydrogen-bond acceptors (Lipinski definition) is 2. The van der Waals surface area contributed by atoms with Gasteiger partial charge in [0.2, 0.25) is 6.41 Å². The summed E-state index contributed by atoms with van der Waals surface area (Å²) in [4.78, 5) is 20.9. The van der Waals surface area contributed by atoms with Crippen molar-refractivity contribution in [2.75, 3.05) is 6.54 Å². The first-order valence-electron chi connectivity index (χ1n) is 4.51. The van der Waals surface area contributed by atoms with Gasteiger partial charge in [-0.1, -0.05) is 24.3 Å². The Balaban J connectivity index is 2.55. The second-order valence-electron chi connectivity index (χ2n) is 3.08. The molecular formula is C11H13NO2. The van der Waals surface area contributed by atoms with Crippen molar-refractivity contribution in [3.63, 3.8) is 0 Å². The molecule has 0 atom stereocenters. The normalized spacial score (nSPS) is 9.50. The van der Waals surface area contributed by atoms with Crippen LogP contribution in [0.1, 0.15) is 22.8 Å². The standard InChI is InChI=1S/C11H13NO2/c1-9(14)11-4-2-10(3-5-11)6-7-12-8-13/h2-5,8H,6-7H2,1H3,(H,12,13). The summed E-state index contributed by atoms with van der Waals surface area (Å²) in [6, 6.07) is 7.42. The van der Waals surface area contributed by atoms with Gasteiger partial charge in [-0.2, -0.15) is 0 Å². The van der Waals surface area contributed by atoms with E-state index in [0.717, 1.165) is 17.5 Å². The molecule has 0 heterocycles. The number of hydrogen-bond donors (Lipinski definition) is 1. The zero-order valence-corrected chi connectivity index (χ0v) is 8.12. The second kappa shape index (κ2) is 5.17. The summed E-state index contributed by atoms with van der Waals surface area (Å²) in [5.41, 5.74) is 1.83. The first-order chi connectivity index (χ1) is 6.74. The Morgan fingerprint density at radius 2 is 2.00 bits per heavy atom. The van der Waals surface area contributed by atoms with E-state index in [1.54, 1.807) is 19.1 Å². The van der Waals surface area contributed by atoms with Crippen molar-refractivity contribution < 1.29 is 9.59 Å². The van der Waals surface area contributed by atoms with Crippen LogP contribution in [0.3, 0.4) is 0 Å². The molecule has 3 heteroatoms. The molecule has 0 bridgehead atoms. The van der Waals surface area contributed by atoms with Gasteiger partial charge in [-0.25, -0.2) is 0 Å². The fraction of sp³-hybridized carbons (Fsp3) is 0.273. The lowest BCUT2D eigenvalue weighted by molar-refractivity contribution is -0.109. The van der Waals surface area contributed by atoms with E-state index in [1.807, 2.05) is 12.1 Å². The summed E-state index contributed by atoms with van der Waals surface area (Å²) in [5.74, 6) is 0.0718. The number of carbonyl (C=O) groups excluding carboxylic acids is 2. The molecule has 14 heavy (non-hydrogen) atoms. The highest BCUT2D eigenvalue weighted by Gasteiger charge is 1.98. The highest BCUT2D eigenvalue weighted by molar-refractivity contribution is 5.93. The number of ketones is 1. The van der Waals surface area contributed by atoms with E-state index < -0.39 is 0 Å². The van der Waals surface area contributed by atoms with Gasteiger partial charge in [-0.05, 0) is 18.9 Å². The Hall–Kier alpha value is -1.64. The lowest BCUT2D eigenvalue weighted by atomic mass is 10.1.